The first-order valence-electron chi connectivity index (χ1n) is 12.7. The van der Waals surface area contributed by atoms with Crippen LogP contribution in [0.1, 0.15) is 38.3 Å². The quantitative estimate of drug-likeness (QED) is 0.263. The number of anilines is 2. The van der Waals surface area contributed by atoms with Crippen LogP contribution in [0, 0.1) is 13.8 Å². The van der Waals surface area contributed by atoms with Gasteiger partial charge in [0.1, 0.15) is 5.75 Å². The fourth-order valence-electron chi connectivity index (χ4n) is 4.27. The predicted octanol–water partition coefficient (Wildman–Crippen LogP) is 6.23. The molecule has 0 aromatic heterocycles. The Hall–Kier alpha value is -4.42. The number of nitrogens with two attached hydrogens (primary N) is 1. The lowest BCUT2D eigenvalue weighted by molar-refractivity contribution is 0.0990. The van der Waals surface area contributed by atoms with E-state index >= 15 is 0 Å². The summed E-state index contributed by atoms with van der Waals surface area (Å²) in [5.74, 6) is 0.256. The Balaban J connectivity index is 1.54. The highest BCUT2D eigenvalue weighted by molar-refractivity contribution is 6.10. The van der Waals surface area contributed by atoms with Crippen molar-refractivity contribution in [1.29, 1.82) is 0 Å². The summed E-state index contributed by atoms with van der Waals surface area (Å²) < 4.78 is 5.84. The number of rotatable bonds is 9. The normalized spacial score (nSPS) is 10.6. The van der Waals surface area contributed by atoms with Gasteiger partial charge in [-0.25, -0.2) is 0 Å². The summed E-state index contributed by atoms with van der Waals surface area (Å²) in [5.41, 5.74) is 11.7. The Labute approximate surface area is 224 Å². The predicted molar refractivity (Wildman–Crippen MR) is 154 cm³/mol. The molecule has 0 aliphatic rings. The van der Waals surface area contributed by atoms with Crippen LogP contribution < -0.4 is 20.7 Å². The first kappa shape index (κ1) is 26.6. The van der Waals surface area contributed by atoms with E-state index in [-0.39, 0.29) is 11.8 Å². The van der Waals surface area contributed by atoms with Gasteiger partial charge in [0.25, 0.3) is 11.8 Å². The number of amides is 2. The first-order chi connectivity index (χ1) is 18.4. The molecular formula is C32H33N3O3. The van der Waals surface area contributed by atoms with Crippen molar-refractivity contribution in [3.63, 3.8) is 0 Å². The maximum atomic E-state index is 13.4. The molecule has 4 aromatic rings. The molecule has 0 heterocycles. The molecule has 38 heavy (non-hydrogen) atoms. The van der Waals surface area contributed by atoms with Crippen LogP contribution >= 0.6 is 0 Å². The van der Waals surface area contributed by atoms with Gasteiger partial charge in [0, 0.05) is 23.9 Å². The van der Waals surface area contributed by atoms with Crippen molar-refractivity contribution >= 4 is 23.2 Å². The van der Waals surface area contributed by atoms with Crippen LogP contribution in [0.2, 0.25) is 0 Å². The summed E-state index contributed by atoms with van der Waals surface area (Å²) >= 11 is 0. The molecule has 0 fully saturated rings. The van der Waals surface area contributed by atoms with Crippen LogP contribution in [0.25, 0.3) is 11.1 Å². The number of carbonyl (C=O) groups excluding carboxylic acids is 2. The highest BCUT2D eigenvalue weighted by Gasteiger charge is 2.19. The number of ether oxygens (including phenoxy) is 1. The maximum absolute atomic E-state index is 13.4. The number of benzene rings is 4. The highest BCUT2D eigenvalue weighted by atomic mass is 16.5. The van der Waals surface area contributed by atoms with Crippen molar-refractivity contribution in [2.24, 2.45) is 5.73 Å². The zero-order valence-electron chi connectivity index (χ0n) is 22.0. The molecule has 2 amide bonds. The van der Waals surface area contributed by atoms with Crippen LogP contribution in [-0.2, 0) is 0 Å². The van der Waals surface area contributed by atoms with Gasteiger partial charge in [0.15, 0.2) is 0 Å². The van der Waals surface area contributed by atoms with Gasteiger partial charge in [0.2, 0.25) is 0 Å². The van der Waals surface area contributed by atoms with Crippen molar-refractivity contribution in [1.82, 2.24) is 0 Å². The summed E-state index contributed by atoms with van der Waals surface area (Å²) in [4.78, 5) is 28.3. The Morgan fingerprint density at radius 3 is 2.37 bits per heavy atom. The maximum Gasteiger partial charge on any atom is 0.258 e. The lowest BCUT2D eigenvalue weighted by Crippen LogP contribution is -2.27. The summed E-state index contributed by atoms with van der Waals surface area (Å²) in [6.45, 7) is 4.87. The Morgan fingerprint density at radius 2 is 1.63 bits per heavy atom. The molecule has 0 aliphatic carbocycles. The van der Waals surface area contributed by atoms with E-state index in [0.29, 0.717) is 41.4 Å². The minimum atomic E-state index is -0.199. The molecule has 6 heteroatoms. The van der Waals surface area contributed by atoms with Crippen molar-refractivity contribution in [2.75, 3.05) is 30.4 Å². The number of nitrogens with one attached hydrogen (secondary N) is 1. The fraction of sp³-hybridized carbons (Fsp3) is 0.188. The molecule has 0 bridgehead atoms. The standard InChI is InChI=1S/C32H33N3O3/c1-22-14-16-26(24-10-5-4-6-11-24)27(20-22)31(36)34-28-17-15-25(21-23(28)2)32(37)35(3)29-12-7-8-13-30(29)38-19-9-18-33/h4-8,10-17,20-21H,9,18-19,33H2,1-3H3,(H,34,36). The Morgan fingerprint density at radius 1 is 0.895 bits per heavy atom. The number of carbonyl (C=O) groups is 2. The van der Waals surface area contributed by atoms with Crippen molar-refractivity contribution < 1.29 is 14.3 Å². The van der Waals surface area contributed by atoms with Gasteiger partial charge >= 0.3 is 0 Å². The van der Waals surface area contributed by atoms with Crippen molar-refractivity contribution in [2.45, 2.75) is 20.3 Å². The summed E-state index contributed by atoms with van der Waals surface area (Å²) in [5, 5.41) is 3.03. The van der Waals surface area contributed by atoms with Gasteiger partial charge in [-0.1, -0.05) is 60.2 Å². The summed E-state index contributed by atoms with van der Waals surface area (Å²) in [6, 6.07) is 28.5. The third kappa shape index (κ3) is 6.10. The van der Waals surface area contributed by atoms with Crippen molar-refractivity contribution in [3.05, 3.63) is 113 Å². The van der Waals surface area contributed by atoms with E-state index in [2.05, 4.69) is 5.32 Å². The second kappa shape index (κ2) is 12.2. The minimum Gasteiger partial charge on any atom is -0.491 e. The van der Waals surface area contributed by atoms with Crippen molar-refractivity contribution in [3.8, 4) is 16.9 Å². The molecule has 4 rings (SSSR count). The van der Waals surface area contributed by atoms with Gasteiger partial charge in [0.05, 0.1) is 12.3 Å². The molecule has 6 nitrogen and oxygen atoms in total. The van der Waals surface area contributed by atoms with Crippen LogP contribution in [-0.4, -0.2) is 32.0 Å². The van der Waals surface area contributed by atoms with Gasteiger partial charge in [-0.15, -0.1) is 0 Å². The molecule has 0 saturated carbocycles. The largest absolute Gasteiger partial charge is 0.491 e. The van der Waals surface area contributed by atoms with Crippen LogP contribution in [0.15, 0.2) is 91.0 Å². The molecule has 0 radical (unpaired) electrons. The monoisotopic (exact) mass is 507 g/mol. The van der Waals surface area contributed by atoms with Crippen LogP contribution in [0.3, 0.4) is 0 Å². The van der Waals surface area contributed by atoms with Crippen LogP contribution in [0.4, 0.5) is 11.4 Å². The lowest BCUT2D eigenvalue weighted by Gasteiger charge is -2.21. The molecular weight excluding hydrogens is 474 g/mol. The molecule has 0 atom stereocenters. The third-order valence-electron chi connectivity index (χ3n) is 6.36. The average Bonchev–Trinajstić information content (AvgIpc) is 2.94. The van der Waals surface area contributed by atoms with Gasteiger partial charge in [-0.2, -0.15) is 0 Å². The number of para-hydroxylation sites is 2. The molecule has 0 spiro atoms. The molecule has 3 N–H and O–H groups in total. The zero-order chi connectivity index (χ0) is 27.1. The van der Waals surface area contributed by atoms with Gasteiger partial charge in [-0.3, -0.25) is 9.59 Å². The van der Waals surface area contributed by atoms with E-state index in [4.69, 9.17) is 10.5 Å². The summed E-state index contributed by atoms with van der Waals surface area (Å²) in [7, 11) is 1.72. The number of hydrogen-bond donors (Lipinski definition) is 2. The smallest absolute Gasteiger partial charge is 0.258 e. The topological polar surface area (TPSA) is 84.7 Å². The Kier molecular flexibility index (Phi) is 8.56. The fourth-order valence-corrected chi connectivity index (χ4v) is 4.27. The molecule has 4 aromatic carbocycles. The van der Waals surface area contributed by atoms with E-state index in [9.17, 15) is 9.59 Å². The Bertz CT molecular complexity index is 1430. The van der Waals surface area contributed by atoms with E-state index < -0.39 is 0 Å². The molecule has 0 saturated heterocycles. The van der Waals surface area contributed by atoms with Crippen LogP contribution in [0.5, 0.6) is 5.75 Å². The number of nitrogens with zero attached hydrogens (tertiary/aromatic N) is 1. The lowest BCUT2D eigenvalue weighted by atomic mass is 9.97. The summed E-state index contributed by atoms with van der Waals surface area (Å²) in [6.07, 6.45) is 0.730. The molecule has 0 aliphatic heterocycles. The molecule has 194 valence electrons. The minimum absolute atomic E-state index is 0.175. The van der Waals surface area contributed by atoms with Gasteiger partial charge in [-0.05, 0) is 79.9 Å². The zero-order valence-corrected chi connectivity index (χ0v) is 22.0. The van der Waals surface area contributed by atoms with E-state index in [1.54, 1.807) is 30.1 Å². The van der Waals surface area contributed by atoms with E-state index in [1.807, 2.05) is 86.6 Å². The second-order valence-corrected chi connectivity index (χ2v) is 9.22. The van der Waals surface area contributed by atoms with E-state index in [0.717, 1.165) is 28.7 Å². The number of hydrogen-bond acceptors (Lipinski definition) is 4. The third-order valence-corrected chi connectivity index (χ3v) is 6.36. The average molecular weight is 508 g/mol. The first-order valence-corrected chi connectivity index (χ1v) is 12.7. The number of aryl methyl sites for hydroxylation is 2. The van der Waals surface area contributed by atoms with E-state index in [1.165, 1.54) is 0 Å². The SMILES string of the molecule is Cc1ccc(-c2ccccc2)c(C(=O)Nc2ccc(C(=O)N(C)c3ccccc3OCCCN)cc2C)c1. The van der Waals surface area contributed by atoms with Gasteiger partial charge < -0.3 is 20.7 Å². The second-order valence-electron chi connectivity index (χ2n) is 9.22. The highest BCUT2D eigenvalue weighted by Crippen LogP contribution is 2.30. The molecule has 0 unspecified atom stereocenters.